The van der Waals surface area contributed by atoms with Crippen LogP contribution in [0, 0.1) is 12.7 Å². The molecule has 0 aromatic carbocycles. The van der Waals surface area contributed by atoms with Gasteiger partial charge >= 0.3 is 5.97 Å². The summed E-state index contributed by atoms with van der Waals surface area (Å²) in [5.41, 5.74) is -1.74. The van der Waals surface area contributed by atoms with E-state index in [2.05, 4.69) is 4.98 Å². The van der Waals surface area contributed by atoms with E-state index >= 15 is 0 Å². The Morgan fingerprint density at radius 2 is 2.14 bits per heavy atom. The number of aromatic nitrogens is 1. The fourth-order valence-electron chi connectivity index (χ4n) is 1.02. The van der Waals surface area contributed by atoms with Crippen LogP contribution in [0.3, 0.4) is 0 Å². The maximum absolute atomic E-state index is 12.9. The minimum absolute atomic E-state index is 0.308. The zero-order valence-electron chi connectivity index (χ0n) is 7.09. The Bertz CT molecular complexity index is 356. The van der Waals surface area contributed by atoms with E-state index in [0.717, 1.165) is 6.92 Å². The van der Waals surface area contributed by atoms with Crippen LogP contribution in [-0.2, 0) is 0 Å². The van der Waals surface area contributed by atoms with Crippen molar-refractivity contribution in [3.8, 4) is 0 Å². The van der Waals surface area contributed by atoms with Crippen molar-refractivity contribution in [1.82, 2.24) is 4.98 Å². The largest absolute Gasteiger partial charge is 0.477 e. The van der Waals surface area contributed by atoms with Crippen molar-refractivity contribution in [2.24, 2.45) is 0 Å². The second-order valence-electron chi connectivity index (χ2n) is 2.59. The molecule has 0 saturated carbocycles. The van der Waals surface area contributed by atoms with Crippen LogP contribution in [0.2, 0.25) is 0 Å². The van der Waals surface area contributed by atoms with Crippen molar-refractivity contribution < 1.29 is 23.1 Å². The van der Waals surface area contributed by atoms with Crippen LogP contribution in [0.4, 0.5) is 13.2 Å². The Morgan fingerprint density at radius 1 is 1.57 bits per heavy atom. The Labute approximate surface area is 77.2 Å². The zero-order valence-corrected chi connectivity index (χ0v) is 7.09. The highest BCUT2D eigenvalue weighted by atomic mass is 19.3. The summed E-state index contributed by atoms with van der Waals surface area (Å²) >= 11 is 0. The van der Waals surface area contributed by atoms with Gasteiger partial charge in [-0.15, -0.1) is 0 Å². The highest BCUT2D eigenvalue weighted by Gasteiger charge is 2.20. The number of pyridine rings is 1. The average Bonchev–Trinajstić information content (AvgIpc) is 2.01. The van der Waals surface area contributed by atoms with Gasteiger partial charge in [0.25, 0.3) is 6.43 Å². The average molecular weight is 205 g/mol. The predicted molar refractivity (Wildman–Crippen MR) is 40.8 cm³/mol. The van der Waals surface area contributed by atoms with Crippen LogP contribution in [-0.4, -0.2) is 16.1 Å². The molecule has 6 heteroatoms. The molecule has 0 saturated heterocycles. The summed E-state index contributed by atoms with van der Waals surface area (Å²) in [6, 6.07) is 0.483. The minimum Gasteiger partial charge on any atom is -0.477 e. The summed E-state index contributed by atoms with van der Waals surface area (Å²) in [5.74, 6) is -2.70. The normalized spacial score (nSPS) is 10.6. The molecule has 0 spiro atoms. The molecule has 0 unspecified atom stereocenters. The van der Waals surface area contributed by atoms with Gasteiger partial charge in [0.05, 0.1) is 11.3 Å². The first kappa shape index (κ1) is 10.5. The van der Waals surface area contributed by atoms with E-state index in [-0.39, 0.29) is 5.69 Å². The lowest BCUT2D eigenvalue weighted by Gasteiger charge is -2.05. The molecule has 0 amide bonds. The minimum atomic E-state index is -3.00. The van der Waals surface area contributed by atoms with Crippen LogP contribution < -0.4 is 0 Å². The summed E-state index contributed by atoms with van der Waals surface area (Å²) in [5, 5.41) is 8.45. The Morgan fingerprint density at radius 3 is 2.50 bits per heavy atom. The molecule has 1 heterocycles. The Kier molecular flexibility index (Phi) is 2.73. The molecule has 1 N–H and O–H groups in total. The molecule has 0 aliphatic rings. The molecule has 0 atom stereocenters. The van der Waals surface area contributed by atoms with Gasteiger partial charge in [0, 0.05) is 6.07 Å². The van der Waals surface area contributed by atoms with Gasteiger partial charge in [-0.3, -0.25) is 0 Å². The first-order valence-electron chi connectivity index (χ1n) is 3.62. The number of halogens is 3. The highest BCUT2D eigenvalue weighted by molar-refractivity contribution is 5.85. The van der Waals surface area contributed by atoms with Crippen molar-refractivity contribution in [3.63, 3.8) is 0 Å². The lowest BCUT2D eigenvalue weighted by molar-refractivity contribution is 0.0688. The van der Waals surface area contributed by atoms with Crippen molar-refractivity contribution in [2.75, 3.05) is 0 Å². The summed E-state index contributed by atoms with van der Waals surface area (Å²) in [6.45, 7) is 1.14. The molecule has 3 nitrogen and oxygen atoms in total. The number of aromatic carboxylic acids is 1. The number of nitrogens with zero attached hydrogens (tertiary/aromatic N) is 1. The highest BCUT2D eigenvalue weighted by Crippen LogP contribution is 2.24. The zero-order chi connectivity index (χ0) is 10.9. The van der Waals surface area contributed by atoms with Gasteiger partial charge < -0.3 is 5.11 Å². The maximum Gasteiger partial charge on any atom is 0.354 e. The molecular weight excluding hydrogens is 199 g/mol. The quantitative estimate of drug-likeness (QED) is 0.804. The molecule has 1 aromatic rings. The monoisotopic (exact) mass is 205 g/mol. The number of rotatable bonds is 2. The first-order valence-corrected chi connectivity index (χ1v) is 3.62. The molecule has 1 rings (SSSR count). The predicted octanol–water partition coefficient (Wildman–Crippen LogP) is 2.16. The Balaban J connectivity index is 3.32. The van der Waals surface area contributed by atoms with E-state index in [1.54, 1.807) is 0 Å². The van der Waals surface area contributed by atoms with Gasteiger partial charge in [-0.1, -0.05) is 0 Å². The van der Waals surface area contributed by atoms with E-state index < -0.39 is 29.5 Å². The molecule has 76 valence electrons. The van der Waals surface area contributed by atoms with Crippen LogP contribution in [0.15, 0.2) is 6.07 Å². The van der Waals surface area contributed by atoms with E-state index in [4.69, 9.17) is 5.11 Å². The van der Waals surface area contributed by atoms with Gasteiger partial charge in [0.2, 0.25) is 0 Å². The molecule has 0 aliphatic carbocycles. The van der Waals surface area contributed by atoms with Crippen molar-refractivity contribution in [3.05, 3.63) is 28.8 Å². The third-order valence-electron chi connectivity index (χ3n) is 1.64. The van der Waals surface area contributed by atoms with Crippen LogP contribution in [0.25, 0.3) is 0 Å². The Hall–Kier alpha value is -1.59. The van der Waals surface area contributed by atoms with E-state index in [1.807, 2.05) is 0 Å². The van der Waals surface area contributed by atoms with E-state index in [9.17, 15) is 18.0 Å². The lowest BCUT2D eigenvalue weighted by Crippen LogP contribution is -2.06. The van der Waals surface area contributed by atoms with Gasteiger partial charge in [-0.25, -0.2) is 22.9 Å². The maximum atomic E-state index is 12.9. The summed E-state index contributed by atoms with van der Waals surface area (Å²) in [4.78, 5) is 13.7. The van der Waals surface area contributed by atoms with Crippen molar-refractivity contribution >= 4 is 5.97 Å². The van der Waals surface area contributed by atoms with Crippen molar-refractivity contribution in [1.29, 1.82) is 0 Å². The standard InChI is InChI=1S/C8H6F3NO2/c1-3-6(7(10)11)4(9)2-5(12-3)8(13)14/h2,7H,1H3,(H,13,14). The second-order valence-corrected chi connectivity index (χ2v) is 2.59. The molecule has 0 bridgehead atoms. The number of carboxylic acid groups (broad SMARTS) is 1. The summed E-state index contributed by atoms with van der Waals surface area (Å²) in [6.07, 6.45) is -3.00. The van der Waals surface area contributed by atoms with E-state index in [0.29, 0.717) is 6.07 Å². The molecule has 0 aliphatic heterocycles. The van der Waals surface area contributed by atoms with Gasteiger partial charge in [0.1, 0.15) is 5.82 Å². The molecule has 1 aromatic heterocycles. The van der Waals surface area contributed by atoms with Crippen LogP contribution in [0.1, 0.15) is 28.2 Å². The molecule has 0 radical (unpaired) electrons. The topological polar surface area (TPSA) is 50.2 Å². The van der Waals surface area contributed by atoms with Gasteiger partial charge in [-0.05, 0) is 6.92 Å². The molecule has 14 heavy (non-hydrogen) atoms. The van der Waals surface area contributed by atoms with E-state index in [1.165, 1.54) is 0 Å². The lowest BCUT2D eigenvalue weighted by atomic mass is 10.2. The third-order valence-corrected chi connectivity index (χ3v) is 1.64. The van der Waals surface area contributed by atoms with Crippen molar-refractivity contribution in [2.45, 2.75) is 13.3 Å². The fraction of sp³-hybridized carbons (Fsp3) is 0.250. The molecule has 0 fully saturated rings. The third kappa shape index (κ3) is 1.84. The summed E-state index contributed by atoms with van der Waals surface area (Å²) in [7, 11) is 0. The fourth-order valence-corrected chi connectivity index (χ4v) is 1.02. The number of carboxylic acids is 1. The number of aryl methyl sites for hydroxylation is 1. The van der Waals surface area contributed by atoms with Gasteiger partial charge in [0.15, 0.2) is 5.69 Å². The number of alkyl halides is 2. The molecular formula is C8H6F3NO2. The smallest absolute Gasteiger partial charge is 0.354 e. The second kappa shape index (κ2) is 3.65. The summed E-state index contributed by atoms with van der Waals surface area (Å²) < 4.78 is 37.3. The van der Waals surface area contributed by atoms with Gasteiger partial charge in [-0.2, -0.15) is 0 Å². The number of hydrogen-bond acceptors (Lipinski definition) is 2. The number of carbonyl (C=O) groups is 1. The number of hydrogen-bond donors (Lipinski definition) is 1. The van der Waals surface area contributed by atoms with Crippen LogP contribution in [0.5, 0.6) is 0 Å². The van der Waals surface area contributed by atoms with Crippen LogP contribution >= 0.6 is 0 Å². The first-order chi connectivity index (χ1) is 6.43. The SMILES string of the molecule is Cc1nc(C(=O)O)cc(F)c1C(F)F.